The number of fused-ring (bicyclic) bond motifs is 7. The second kappa shape index (κ2) is 7.49. The Kier molecular flexibility index (Phi) is 4.63. The molecule has 10 heteroatoms. The van der Waals surface area contributed by atoms with E-state index in [4.69, 9.17) is 20.7 Å². The quantitative estimate of drug-likeness (QED) is 0.447. The van der Waals surface area contributed by atoms with Crippen molar-refractivity contribution in [2.24, 2.45) is 7.05 Å². The van der Waals surface area contributed by atoms with Crippen LogP contribution in [0, 0.1) is 5.82 Å². The number of nitrogen functional groups attached to an aromatic ring is 1. The standard InChI is InChI=1S/C24H23FN6O2S/c1-4-31-22-13-7-19(23(26)27-9-13)33-12(2)16-8-14(25)5-6-15(16)21-17(10-30(3)28-21)18-11-34(32)24(29-31)20(18)22/h5-10,12,18H,4,11H2,1-3H3,(H2,26,27)/t12-,18-,34?/m1/s1. The van der Waals surface area contributed by atoms with E-state index in [1.54, 1.807) is 16.9 Å². The van der Waals surface area contributed by atoms with E-state index >= 15 is 0 Å². The molecular weight excluding hydrogens is 455 g/mol. The highest BCUT2D eigenvalue weighted by Gasteiger charge is 2.40. The van der Waals surface area contributed by atoms with Crippen molar-refractivity contribution in [3.63, 3.8) is 0 Å². The lowest BCUT2D eigenvalue weighted by Gasteiger charge is -2.22. The van der Waals surface area contributed by atoms with Crippen molar-refractivity contribution >= 4 is 16.6 Å². The number of pyridine rings is 1. The molecule has 8 nitrogen and oxygen atoms in total. The van der Waals surface area contributed by atoms with Gasteiger partial charge < -0.3 is 10.5 Å². The normalized spacial score (nSPS) is 20.5. The monoisotopic (exact) mass is 478 g/mol. The summed E-state index contributed by atoms with van der Waals surface area (Å²) >= 11 is 0. The zero-order valence-corrected chi connectivity index (χ0v) is 19.8. The molecule has 1 aromatic carbocycles. The Bertz CT molecular complexity index is 1490. The fourth-order valence-electron chi connectivity index (χ4n) is 5.02. The Labute approximate surface area is 198 Å². The fourth-order valence-corrected chi connectivity index (χ4v) is 6.50. The van der Waals surface area contributed by atoms with Gasteiger partial charge in [-0.2, -0.15) is 10.2 Å². The molecule has 3 atom stereocenters. The zero-order valence-electron chi connectivity index (χ0n) is 18.9. The van der Waals surface area contributed by atoms with Crippen molar-refractivity contribution in [3.05, 3.63) is 59.2 Å². The SMILES string of the molecule is CCn1nc2c3c1-c1cnc(N)c(c1)O[C@H](C)c1cc(F)ccc1-c1nn(C)cc1[C@H]3CS2=O. The van der Waals surface area contributed by atoms with Gasteiger partial charge in [0.25, 0.3) is 0 Å². The van der Waals surface area contributed by atoms with Crippen molar-refractivity contribution in [2.75, 3.05) is 11.5 Å². The highest BCUT2D eigenvalue weighted by atomic mass is 32.2. The molecule has 6 rings (SSSR count). The van der Waals surface area contributed by atoms with E-state index in [-0.39, 0.29) is 17.6 Å². The van der Waals surface area contributed by atoms with Crippen molar-refractivity contribution in [1.82, 2.24) is 24.5 Å². The maximum atomic E-state index is 14.4. The Morgan fingerprint density at radius 2 is 2.09 bits per heavy atom. The number of hydrogen-bond donors (Lipinski definition) is 1. The summed E-state index contributed by atoms with van der Waals surface area (Å²) in [5, 5.41) is 10.0. The molecule has 0 aliphatic carbocycles. The molecule has 2 aliphatic rings. The van der Waals surface area contributed by atoms with Gasteiger partial charge in [-0.3, -0.25) is 13.6 Å². The summed E-state index contributed by atoms with van der Waals surface area (Å²) in [6.07, 6.45) is 3.12. The van der Waals surface area contributed by atoms with Crippen LogP contribution in [0.1, 0.15) is 42.6 Å². The van der Waals surface area contributed by atoms with E-state index in [1.807, 2.05) is 37.8 Å². The largest absolute Gasteiger partial charge is 0.482 e. The highest BCUT2D eigenvalue weighted by molar-refractivity contribution is 7.85. The van der Waals surface area contributed by atoms with Gasteiger partial charge in [0.2, 0.25) is 0 Å². The number of halogens is 1. The zero-order chi connectivity index (χ0) is 23.7. The van der Waals surface area contributed by atoms with Gasteiger partial charge in [-0.1, -0.05) is 0 Å². The number of rotatable bonds is 1. The van der Waals surface area contributed by atoms with Gasteiger partial charge in [-0.15, -0.1) is 0 Å². The Morgan fingerprint density at radius 3 is 2.88 bits per heavy atom. The lowest BCUT2D eigenvalue weighted by Crippen LogP contribution is -2.12. The van der Waals surface area contributed by atoms with Crippen LogP contribution >= 0.6 is 0 Å². The first-order valence-corrected chi connectivity index (χ1v) is 12.4. The molecule has 3 aromatic heterocycles. The van der Waals surface area contributed by atoms with Gasteiger partial charge in [0.05, 0.1) is 22.2 Å². The van der Waals surface area contributed by atoms with E-state index in [0.717, 1.165) is 27.9 Å². The van der Waals surface area contributed by atoms with Crippen molar-refractivity contribution in [1.29, 1.82) is 0 Å². The topological polar surface area (TPSA) is 101 Å². The van der Waals surface area contributed by atoms with Crippen LogP contribution in [-0.4, -0.2) is 34.5 Å². The average Bonchev–Trinajstić information content (AvgIpc) is 3.47. The van der Waals surface area contributed by atoms with Crippen LogP contribution in [0.3, 0.4) is 0 Å². The summed E-state index contributed by atoms with van der Waals surface area (Å²) in [7, 11) is 0.588. The molecule has 1 unspecified atom stereocenters. The molecule has 2 bridgehead atoms. The van der Waals surface area contributed by atoms with Crippen LogP contribution in [0.15, 0.2) is 41.7 Å². The van der Waals surface area contributed by atoms with Gasteiger partial charge >= 0.3 is 0 Å². The summed E-state index contributed by atoms with van der Waals surface area (Å²) in [4.78, 5) is 4.38. The molecular formula is C24H23FN6O2S. The van der Waals surface area contributed by atoms with Crippen LogP contribution in [0.4, 0.5) is 10.2 Å². The van der Waals surface area contributed by atoms with Gasteiger partial charge in [0.15, 0.2) is 16.6 Å². The minimum atomic E-state index is -1.26. The molecule has 0 saturated heterocycles. The lowest BCUT2D eigenvalue weighted by molar-refractivity contribution is 0.227. The van der Waals surface area contributed by atoms with E-state index < -0.39 is 16.9 Å². The number of aryl methyl sites for hydroxylation is 2. The molecule has 2 N–H and O–H groups in total. The minimum Gasteiger partial charge on any atom is -0.482 e. The summed E-state index contributed by atoms with van der Waals surface area (Å²) in [6.45, 7) is 4.45. The van der Waals surface area contributed by atoms with E-state index in [9.17, 15) is 8.60 Å². The van der Waals surface area contributed by atoms with Crippen molar-refractivity contribution in [2.45, 2.75) is 37.4 Å². The second-order valence-corrected chi connectivity index (χ2v) is 10.1. The van der Waals surface area contributed by atoms with Gasteiger partial charge in [0, 0.05) is 65.5 Å². The summed E-state index contributed by atoms with van der Waals surface area (Å²) in [5.74, 6) is 0.490. The predicted octanol–water partition coefficient (Wildman–Crippen LogP) is 3.79. The molecule has 0 amide bonds. The number of aromatic nitrogens is 5. The van der Waals surface area contributed by atoms with E-state index in [1.165, 1.54) is 12.1 Å². The Hall–Kier alpha value is -3.53. The number of ether oxygens (including phenoxy) is 1. The molecule has 174 valence electrons. The lowest BCUT2D eigenvalue weighted by atomic mass is 9.88. The third-order valence-electron chi connectivity index (χ3n) is 6.54. The van der Waals surface area contributed by atoms with Crippen molar-refractivity contribution in [3.8, 4) is 28.3 Å². The fraction of sp³-hybridized carbons (Fsp3) is 0.292. The first kappa shape index (κ1) is 21.0. The Morgan fingerprint density at radius 1 is 1.26 bits per heavy atom. The predicted molar refractivity (Wildman–Crippen MR) is 126 cm³/mol. The molecule has 0 radical (unpaired) electrons. The van der Waals surface area contributed by atoms with Gasteiger partial charge in [-0.05, 0) is 38.1 Å². The van der Waals surface area contributed by atoms with Crippen LogP contribution in [0.2, 0.25) is 0 Å². The van der Waals surface area contributed by atoms with Gasteiger partial charge in [-0.25, -0.2) is 9.37 Å². The molecule has 4 aromatic rings. The summed E-state index contributed by atoms with van der Waals surface area (Å²) in [5.41, 5.74) is 11.8. The smallest absolute Gasteiger partial charge is 0.166 e. The highest BCUT2D eigenvalue weighted by Crippen LogP contribution is 2.47. The maximum absolute atomic E-state index is 14.4. The van der Waals surface area contributed by atoms with Crippen LogP contribution in [-0.2, 0) is 24.4 Å². The first-order valence-electron chi connectivity index (χ1n) is 11.1. The number of hydrogen-bond acceptors (Lipinski definition) is 6. The second-order valence-electron chi connectivity index (χ2n) is 8.65. The molecule has 0 fully saturated rings. The number of anilines is 1. The summed E-state index contributed by atoms with van der Waals surface area (Å²) < 4.78 is 37.4. The maximum Gasteiger partial charge on any atom is 0.166 e. The third-order valence-corrected chi connectivity index (χ3v) is 7.90. The molecule has 0 saturated carbocycles. The van der Waals surface area contributed by atoms with Crippen LogP contribution in [0.5, 0.6) is 5.75 Å². The summed E-state index contributed by atoms with van der Waals surface area (Å²) in [6, 6.07) is 6.45. The molecule has 2 aliphatic heterocycles. The number of nitrogens with two attached hydrogens (primary N) is 1. The first-order chi connectivity index (χ1) is 16.4. The average molecular weight is 479 g/mol. The van der Waals surface area contributed by atoms with E-state index in [0.29, 0.717) is 34.3 Å². The number of nitrogens with zero attached hydrogens (tertiary/aromatic N) is 5. The van der Waals surface area contributed by atoms with Crippen LogP contribution < -0.4 is 10.5 Å². The van der Waals surface area contributed by atoms with E-state index in [2.05, 4.69) is 4.98 Å². The van der Waals surface area contributed by atoms with Gasteiger partial charge in [0.1, 0.15) is 11.9 Å². The number of benzene rings is 1. The van der Waals surface area contributed by atoms with Crippen LogP contribution in [0.25, 0.3) is 22.5 Å². The van der Waals surface area contributed by atoms with Crippen molar-refractivity contribution < 1.29 is 13.3 Å². The molecule has 34 heavy (non-hydrogen) atoms. The Balaban J connectivity index is 1.73. The minimum absolute atomic E-state index is 0.190. The third kappa shape index (κ3) is 3.01. The molecule has 0 spiro atoms. The molecule has 5 heterocycles.